The molecule has 1 aromatic rings. The topological polar surface area (TPSA) is 53.2 Å². The molecule has 0 bridgehead atoms. The summed E-state index contributed by atoms with van der Waals surface area (Å²) in [6.07, 6.45) is 1.27. The van der Waals surface area contributed by atoms with E-state index in [1.165, 1.54) is 18.2 Å². The lowest BCUT2D eigenvalue weighted by Gasteiger charge is -1.92. The van der Waals surface area contributed by atoms with Gasteiger partial charge in [-0.15, -0.1) is 0 Å². The van der Waals surface area contributed by atoms with Gasteiger partial charge in [-0.3, -0.25) is 0 Å². The Kier molecular flexibility index (Phi) is 2.32. The van der Waals surface area contributed by atoms with Crippen LogP contribution in [0.2, 0.25) is 0 Å². The zero-order chi connectivity index (χ0) is 8.97. The van der Waals surface area contributed by atoms with Crippen molar-refractivity contribution in [2.45, 2.75) is 0 Å². The van der Waals surface area contributed by atoms with Gasteiger partial charge in [-0.2, -0.15) is 10.3 Å². The van der Waals surface area contributed by atoms with Crippen molar-refractivity contribution in [3.63, 3.8) is 0 Å². The van der Waals surface area contributed by atoms with Gasteiger partial charge in [0, 0.05) is 6.07 Å². The molecular formula is C8H3FN2O. The van der Waals surface area contributed by atoms with E-state index in [1.807, 2.05) is 0 Å². The Balaban J connectivity index is 3.20. The minimum Gasteiger partial charge on any atom is -0.211 e. The van der Waals surface area contributed by atoms with Crippen LogP contribution in [-0.4, -0.2) is 6.08 Å². The van der Waals surface area contributed by atoms with Crippen molar-refractivity contribution in [3.8, 4) is 6.07 Å². The number of hydrogen-bond acceptors (Lipinski definition) is 3. The fraction of sp³-hybridized carbons (Fsp3) is 0. The van der Waals surface area contributed by atoms with E-state index in [-0.39, 0.29) is 11.3 Å². The van der Waals surface area contributed by atoms with Crippen LogP contribution in [0.3, 0.4) is 0 Å². The summed E-state index contributed by atoms with van der Waals surface area (Å²) in [5.74, 6) is -0.686. The molecule has 3 nitrogen and oxygen atoms in total. The summed E-state index contributed by atoms with van der Waals surface area (Å²) >= 11 is 0. The molecule has 0 saturated carbocycles. The van der Waals surface area contributed by atoms with E-state index >= 15 is 0 Å². The Morgan fingerprint density at radius 2 is 2.25 bits per heavy atom. The highest BCUT2D eigenvalue weighted by molar-refractivity contribution is 5.50. The largest absolute Gasteiger partial charge is 0.240 e. The second-order valence-electron chi connectivity index (χ2n) is 1.98. The molecule has 0 aliphatic carbocycles. The highest BCUT2D eigenvalue weighted by Crippen LogP contribution is 2.15. The van der Waals surface area contributed by atoms with Gasteiger partial charge in [-0.1, -0.05) is 0 Å². The van der Waals surface area contributed by atoms with Gasteiger partial charge in [0.2, 0.25) is 6.08 Å². The summed E-state index contributed by atoms with van der Waals surface area (Å²) in [5.41, 5.74) is 0.0846. The molecule has 0 heterocycles. The lowest BCUT2D eigenvalue weighted by Crippen LogP contribution is -1.80. The maximum Gasteiger partial charge on any atom is 0.240 e. The Morgan fingerprint density at radius 3 is 2.75 bits per heavy atom. The van der Waals surface area contributed by atoms with Crippen molar-refractivity contribution in [3.05, 3.63) is 29.6 Å². The summed E-state index contributed by atoms with van der Waals surface area (Å²) in [7, 11) is 0. The van der Waals surface area contributed by atoms with Crippen molar-refractivity contribution in [2.24, 2.45) is 4.99 Å². The van der Waals surface area contributed by atoms with Crippen molar-refractivity contribution < 1.29 is 9.18 Å². The Morgan fingerprint density at radius 1 is 1.50 bits per heavy atom. The summed E-state index contributed by atoms with van der Waals surface area (Å²) in [6, 6.07) is 5.28. The predicted molar refractivity (Wildman–Crippen MR) is 38.9 cm³/mol. The molecule has 0 unspecified atom stereocenters. The fourth-order valence-electron chi connectivity index (χ4n) is 0.717. The zero-order valence-electron chi connectivity index (χ0n) is 5.91. The SMILES string of the molecule is N#Cc1ccc(N=C=O)cc1F. The first kappa shape index (κ1) is 8.12. The highest BCUT2D eigenvalue weighted by Gasteiger charge is 2.00. The van der Waals surface area contributed by atoms with Gasteiger partial charge in [0.05, 0.1) is 11.3 Å². The van der Waals surface area contributed by atoms with Gasteiger partial charge in [-0.25, -0.2) is 9.18 Å². The van der Waals surface area contributed by atoms with E-state index in [0.717, 1.165) is 6.07 Å². The summed E-state index contributed by atoms with van der Waals surface area (Å²) in [5, 5.41) is 8.34. The van der Waals surface area contributed by atoms with Gasteiger partial charge in [0.25, 0.3) is 0 Å². The van der Waals surface area contributed by atoms with E-state index in [2.05, 4.69) is 4.99 Å². The zero-order valence-corrected chi connectivity index (χ0v) is 5.91. The smallest absolute Gasteiger partial charge is 0.211 e. The van der Waals surface area contributed by atoms with Crippen LogP contribution in [0.4, 0.5) is 10.1 Å². The second-order valence-corrected chi connectivity index (χ2v) is 1.98. The van der Waals surface area contributed by atoms with Crippen LogP contribution in [0.15, 0.2) is 23.2 Å². The van der Waals surface area contributed by atoms with Crippen LogP contribution < -0.4 is 0 Å². The average molecular weight is 162 g/mol. The molecule has 0 aromatic heterocycles. The standard InChI is InChI=1S/C8H3FN2O/c9-8-3-7(11-5-12)2-1-6(8)4-10/h1-3H. The first-order valence-electron chi connectivity index (χ1n) is 3.05. The molecule has 0 aliphatic rings. The third-order valence-electron chi connectivity index (χ3n) is 1.25. The Hall–Kier alpha value is -1.98. The maximum atomic E-state index is 12.8. The molecule has 0 fully saturated rings. The molecule has 0 amide bonds. The van der Waals surface area contributed by atoms with E-state index < -0.39 is 5.82 Å². The van der Waals surface area contributed by atoms with Gasteiger partial charge >= 0.3 is 0 Å². The number of halogens is 1. The molecule has 0 radical (unpaired) electrons. The predicted octanol–water partition coefficient (Wildman–Crippen LogP) is 1.66. The van der Waals surface area contributed by atoms with E-state index in [4.69, 9.17) is 5.26 Å². The van der Waals surface area contributed by atoms with Crippen molar-refractivity contribution in [1.82, 2.24) is 0 Å². The Bertz CT molecular complexity index is 389. The normalized spacial score (nSPS) is 8.33. The molecule has 4 heteroatoms. The molecule has 12 heavy (non-hydrogen) atoms. The molecular weight excluding hydrogens is 159 g/mol. The lowest BCUT2D eigenvalue weighted by molar-refractivity contribution is 0.565. The molecule has 0 N–H and O–H groups in total. The number of rotatable bonds is 1. The highest BCUT2D eigenvalue weighted by atomic mass is 19.1. The van der Waals surface area contributed by atoms with Crippen LogP contribution in [0.5, 0.6) is 0 Å². The molecule has 0 saturated heterocycles. The molecule has 0 aliphatic heterocycles. The van der Waals surface area contributed by atoms with Crippen molar-refractivity contribution >= 4 is 11.8 Å². The second kappa shape index (κ2) is 3.42. The minimum absolute atomic E-state index is 0.0696. The number of nitrogens with zero attached hydrogens (tertiary/aromatic N) is 2. The molecule has 1 rings (SSSR count). The third-order valence-corrected chi connectivity index (χ3v) is 1.25. The molecule has 0 atom stereocenters. The molecule has 0 spiro atoms. The van der Waals surface area contributed by atoms with Gasteiger partial charge in [0.1, 0.15) is 11.9 Å². The van der Waals surface area contributed by atoms with Gasteiger partial charge in [-0.05, 0) is 12.1 Å². The fourth-order valence-corrected chi connectivity index (χ4v) is 0.717. The number of benzene rings is 1. The van der Waals surface area contributed by atoms with E-state index in [0.29, 0.717) is 0 Å². The van der Waals surface area contributed by atoms with Crippen LogP contribution in [0.1, 0.15) is 5.56 Å². The van der Waals surface area contributed by atoms with Gasteiger partial charge in [0.15, 0.2) is 0 Å². The number of hydrogen-bond donors (Lipinski definition) is 0. The van der Waals surface area contributed by atoms with Gasteiger partial charge < -0.3 is 0 Å². The monoisotopic (exact) mass is 162 g/mol. The molecule has 1 aromatic carbocycles. The summed E-state index contributed by atoms with van der Waals surface area (Å²) in [4.78, 5) is 12.9. The first-order valence-corrected chi connectivity index (χ1v) is 3.05. The third kappa shape index (κ3) is 1.54. The van der Waals surface area contributed by atoms with E-state index in [1.54, 1.807) is 6.07 Å². The van der Waals surface area contributed by atoms with Crippen molar-refractivity contribution in [1.29, 1.82) is 5.26 Å². The quantitative estimate of drug-likeness (QED) is 0.465. The Labute approximate surface area is 67.8 Å². The average Bonchev–Trinajstić information content (AvgIpc) is 2.05. The lowest BCUT2D eigenvalue weighted by atomic mass is 10.2. The molecule has 58 valence electrons. The number of carbonyl (C=O) groups excluding carboxylic acids is 1. The minimum atomic E-state index is -0.686. The summed E-state index contributed by atoms with van der Waals surface area (Å²) in [6.45, 7) is 0. The maximum absolute atomic E-state index is 12.8. The van der Waals surface area contributed by atoms with Crippen LogP contribution >= 0.6 is 0 Å². The van der Waals surface area contributed by atoms with Crippen LogP contribution in [-0.2, 0) is 4.79 Å². The van der Waals surface area contributed by atoms with Crippen molar-refractivity contribution in [2.75, 3.05) is 0 Å². The number of aliphatic imine (C=N–C) groups is 1. The van der Waals surface area contributed by atoms with Crippen LogP contribution in [0.25, 0.3) is 0 Å². The number of nitriles is 1. The van der Waals surface area contributed by atoms with E-state index in [9.17, 15) is 9.18 Å². The number of isocyanates is 1. The van der Waals surface area contributed by atoms with Crippen LogP contribution in [0, 0.1) is 17.1 Å². The summed E-state index contributed by atoms with van der Waals surface area (Å²) < 4.78 is 12.8. The first-order chi connectivity index (χ1) is 5.77.